The second-order valence-electron chi connectivity index (χ2n) is 9.40. The summed E-state index contributed by atoms with van der Waals surface area (Å²) in [7, 11) is 2.20. The minimum atomic E-state index is 0.362. The van der Waals surface area contributed by atoms with Crippen LogP contribution in [0.3, 0.4) is 0 Å². The summed E-state index contributed by atoms with van der Waals surface area (Å²) in [5.41, 5.74) is 5.13. The SMILES string of the molecule is C=C(/C=C\C(C)=C/C)C(CCN1CCN(CCCCc2cnc[nH]2)CC1)C1=CC=CCN1C. The highest BCUT2D eigenvalue weighted by Crippen LogP contribution is 2.28. The van der Waals surface area contributed by atoms with Crippen LogP contribution in [-0.4, -0.2) is 77.5 Å². The lowest BCUT2D eigenvalue weighted by Crippen LogP contribution is -2.47. The molecular formula is C28H43N5. The largest absolute Gasteiger partial charge is 0.374 e. The van der Waals surface area contributed by atoms with Gasteiger partial charge in [-0.05, 0) is 64.3 Å². The van der Waals surface area contributed by atoms with E-state index in [4.69, 9.17) is 0 Å². The third kappa shape index (κ3) is 8.17. The lowest BCUT2D eigenvalue weighted by molar-refractivity contribution is 0.127. The van der Waals surface area contributed by atoms with Crippen LogP contribution in [-0.2, 0) is 6.42 Å². The minimum Gasteiger partial charge on any atom is -0.374 e. The molecule has 3 rings (SSSR count). The summed E-state index contributed by atoms with van der Waals surface area (Å²) in [4.78, 5) is 14.9. The molecule has 3 heterocycles. The second kappa shape index (κ2) is 13.4. The molecule has 0 spiro atoms. The maximum Gasteiger partial charge on any atom is 0.0921 e. The van der Waals surface area contributed by atoms with Crippen LogP contribution in [0.25, 0.3) is 0 Å². The van der Waals surface area contributed by atoms with E-state index in [1.165, 1.54) is 68.1 Å². The molecule has 180 valence electrons. The predicted octanol–water partition coefficient (Wildman–Crippen LogP) is 4.82. The molecule has 0 aliphatic carbocycles. The predicted molar refractivity (Wildman–Crippen MR) is 140 cm³/mol. The number of aromatic nitrogens is 2. The zero-order valence-corrected chi connectivity index (χ0v) is 21.0. The van der Waals surface area contributed by atoms with Crippen LogP contribution in [0, 0.1) is 5.92 Å². The molecule has 1 N–H and O–H groups in total. The van der Waals surface area contributed by atoms with Crippen molar-refractivity contribution >= 4 is 0 Å². The molecule has 0 radical (unpaired) electrons. The molecule has 5 nitrogen and oxygen atoms in total. The number of H-pyrrole nitrogens is 1. The fourth-order valence-electron chi connectivity index (χ4n) is 4.59. The van der Waals surface area contributed by atoms with Gasteiger partial charge in [0.15, 0.2) is 0 Å². The van der Waals surface area contributed by atoms with Gasteiger partial charge >= 0.3 is 0 Å². The number of unbranched alkanes of at least 4 members (excludes halogenated alkanes) is 1. The molecule has 2 aliphatic heterocycles. The smallest absolute Gasteiger partial charge is 0.0921 e. The van der Waals surface area contributed by atoms with Crippen molar-refractivity contribution in [3.8, 4) is 0 Å². The van der Waals surface area contributed by atoms with E-state index in [2.05, 4.69) is 88.6 Å². The van der Waals surface area contributed by atoms with E-state index in [1.54, 1.807) is 6.33 Å². The van der Waals surface area contributed by atoms with Crippen molar-refractivity contribution in [2.45, 2.75) is 39.5 Å². The van der Waals surface area contributed by atoms with Crippen molar-refractivity contribution in [2.75, 3.05) is 52.9 Å². The maximum absolute atomic E-state index is 4.47. The average Bonchev–Trinajstić information content (AvgIpc) is 3.36. The summed E-state index contributed by atoms with van der Waals surface area (Å²) >= 11 is 0. The minimum absolute atomic E-state index is 0.362. The fourth-order valence-corrected chi connectivity index (χ4v) is 4.59. The monoisotopic (exact) mass is 449 g/mol. The normalized spacial score (nSPS) is 19.3. The van der Waals surface area contributed by atoms with Crippen molar-refractivity contribution in [1.29, 1.82) is 0 Å². The highest BCUT2D eigenvalue weighted by atomic mass is 15.3. The summed E-state index contributed by atoms with van der Waals surface area (Å²) in [5, 5.41) is 0. The van der Waals surface area contributed by atoms with Gasteiger partial charge in [0.2, 0.25) is 0 Å². The molecular weight excluding hydrogens is 406 g/mol. The molecule has 0 amide bonds. The van der Waals surface area contributed by atoms with Crippen molar-refractivity contribution in [1.82, 2.24) is 24.7 Å². The van der Waals surface area contributed by atoms with E-state index in [0.29, 0.717) is 5.92 Å². The van der Waals surface area contributed by atoms with Crippen LogP contribution >= 0.6 is 0 Å². The summed E-state index contributed by atoms with van der Waals surface area (Å²) in [6.45, 7) is 16.7. The van der Waals surface area contributed by atoms with Crippen molar-refractivity contribution in [3.05, 3.63) is 78.1 Å². The van der Waals surface area contributed by atoms with Gasteiger partial charge in [-0.3, -0.25) is 0 Å². The van der Waals surface area contributed by atoms with Crippen LogP contribution in [0.5, 0.6) is 0 Å². The Labute approximate surface area is 201 Å². The van der Waals surface area contributed by atoms with Gasteiger partial charge in [0.05, 0.1) is 6.33 Å². The highest BCUT2D eigenvalue weighted by Gasteiger charge is 2.23. The van der Waals surface area contributed by atoms with Gasteiger partial charge in [-0.15, -0.1) is 0 Å². The highest BCUT2D eigenvalue weighted by molar-refractivity contribution is 5.33. The first-order valence-electron chi connectivity index (χ1n) is 12.6. The molecule has 0 saturated carbocycles. The summed E-state index contributed by atoms with van der Waals surface area (Å²) in [6, 6.07) is 0. The van der Waals surface area contributed by atoms with E-state index >= 15 is 0 Å². The van der Waals surface area contributed by atoms with E-state index in [1.807, 2.05) is 6.20 Å². The van der Waals surface area contributed by atoms with Gasteiger partial charge in [-0.1, -0.05) is 42.5 Å². The van der Waals surface area contributed by atoms with Crippen molar-refractivity contribution < 1.29 is 0 Å². The Morgan fingerprint density at radius 3 is 2.58 bits per heavy atom. The Hall–Kier alpha value is -2.37. The van der Waals surface area contributed by atoms with Gasteiger partial charge in [0.25, 0.3) is 0 Å². The standard InChI is InChI=1S/C28H43N5/c1-5-24(2)12-13-25(3)27(28-11-7-8-15-31(28)4)14-17-33-20-18-32(19-21-33)16-9-6-10-26-22-29-23-30-26/h5,7-8,11-13,22-23,27H,3,6,9-10,14-21H2,1-2,4H3,(H,29,30)/b13-12-,24-5-. The first kappa shape index (κ1) is 25.3. The van der Waals surface area contributed by atoms with Crippen molar-refractivity contribution in [3.63, 3.8) is 0 Å². The molecule has 2 aliphatic rings. The molecule has 1 atom stereocenters. The van der Waals surface area contributed by atoms with E-state index < -0.39 is 0 Å². The van der Waals surface area contributed by atoms with E-state index in [0.717, 1.165) is 25.9 Å². The molecule has 33 heavy (non-hydrogen) atoms. The van der Waals surface area contributed by atoms with Crippen LogP contribution in [0.1, 0.15) is 38.8 Å². The van der Waals surface area contributed by atoms with Gasteiger partial charge in [0.1, 0.15) is 0 Å². The Balaban J connectivity index is 1.45. The van der Waals surface area contributed by atoms with E-state index in [9.17, 15) is 0 Å². The lowest BCUT2D eigenvalue weighted by atomic mass is 9.90. The Morgan fingerprint density at radius 1 is 1.15 bits per heavy atom. The Bertz CT molecular complexity index is 838. The van der Waals surface area contributed by atoms with Crippen LogP contribution in [0.4, 0.5) is 0 Å². The zero-order chi connectivity index (χ0) is 23.5. The molecule has 1 saturated heterocycles. The average molecular weight is 450 g/mol. The zero-order valence-electron chi connectivity index (χ0n) is 21.0. The van der Waals surface area contributed by atoms with Gasteiger partial charge in [-0.2, -0.15) is 0 Å². The number of nitrogens with zero attached hydrogens (tertiary/aromatic N) is 4. The number of piperazine rings is 1. The Kier molecular flexibility index (Phi) is 10.2. The summed E-state index contributed by atoms with van der Waals surface area (Å²) in [5.74, 6) is 0.362. The van der Waals surface area contributed by atoms with Gasteiger partial charge in [0, 0.05) is 63.3 Å². The van der Waals surface area contributed by atoms with Crippen LogP contribution < -0.4 is 0 Å². The number of hydrogen-bond donors (Lipinski definition) is 1. The number of imidazole rings is 1. The van der Waals surface area contributed by atoms with Crippen molar-refractivity contribution in [2.24, 2.45) is 5.92 Å². The fraction of sp³-hybridized carbons (Fsp3) is 0.536. The number of nitrogens with one attached hydrogen (secondary N) is 1. The molecule has 1 unspecified atom stereocenters. The molecule has 5 heteroatoms. The number of aromatic amines is 1. The number of likely N-dealkylation sites (N-methyl/N-ethyl adjacent to an activating group) is 1. The lowest BCUT2D eigenvalue weighted by Gasteiger charge is -2.36. The number of rotatable bonds is 12. The molecule has 1 fully saturated rings. The Morgan fingerprint density at radius 2 is 1.91 bits per heavy atom. The van der Waals surface area contributed by atoms with Gasteiger partial charge in [-0.25, -0.2) is 4.98 Å². The summed E-state index contributed by atoms with van der Waals surface area (Å²) in [6.07, 6.45) is 21.7. The quantitative estimate of drug-likeness (QED) is 0.367. The first-order valence-corrected chi connectivity index (χ1v) is 12.6. The van der Waals surface area contributed by atoms with Gasteiger partial charge < -0.3 is 19.7 Å². The topological polar surface area (TPSA) is 38.4 Å². The second-order valence-corrected chi connectivity index (χ2v) is 9.40. The van der Waals surface area contributed by atoms with E-state index in [-0.39, 0.29) is 0 Å². The third-order valence-corrected chi connectivity index (χ3v) is 6.97. The number of allylic oxidation sites excluding steroid dienone is 7. The van der Waals surface area contributed by atoms with Crippen LogP contribution in [0.15, 0.2) is 72.4 Å². The maximum atomic E-state index is 4.47. The third-order valence-electron chi connectivity index (χ3n) is 6.97. The molecule has 0 aromatic carbocycles. The van der Waals surface area contributed by atoms with Crippen LogP contribution in [0.2, 0.25) is 0 Å². The number of hydrogen-bond acceptors (Lipinski definition) is 4. The summed E-state index contributed by atoms with van der Waals surface area (Å²) < 4.78 is 0. The molecule has 1 aromatic heterocycles. The number of aryl methyl sites for hydroxylation is 1. The molecule has 0 bridgehead atoms. The first-order chi connectivity index (χ1) is 16.1. The molecule has 1 aromatic rings.